The van der Waals surface area contributed by atoms with Crippen molar-refractivity contribution in [2.45, 2.75) is 25.5 Å². The molecule has 0 aliphatic carbocycles. The molecule has 1 aromatic heterocycles. The van der Waals surface area contributed by atoms with Gasteiger partial charge in [0.05, 0.1) is 37.6 Å². The molecule has 0 spiro atoms. The van der Waals surface area contributed by atoms with E-state index in [2.05, 4.69) is 10.3 Å². The van der Waals surface area contributed by atoms with Gasteiger partial charge < -0.3 is 14.6 Å². The zero-order chi connectivity index (χ0) is 16.4. The molecule has 1 aliphatic heterocycles. The van der Waals surface area contributed by atoms with Crippen LogP contribution < -0.4 is 0 Å². The Bertz CT molecular complexity index is 713. The number of methoxy groups -OCH3 is 1. The number of rotatable bonds is 3. The first-order chi connectivity index (χ1) is 11.1. The molecular weight excluding hydrogens is 298 g/mol. The third kappa shape index (κ3) is 3.11. The van der Waals surface area contributed by atoms with Crippen molar-refractivity contribution in [2.24, 2.45) is 0 Å². The highest BCUT2D eigenvalue weighted by molar-refractivity contribution is 5.96. The van der Waals surface area contributed by atoms with Gasteiger partial charge in [-0.05, 0) is 25.5 Å². The molecule has 23 heavy (non-hydrogen) atoms. The van der Waals surface area contributed by atoms with Crippen molar-refractivity contribution in [1.82, 2.24) is 15.0 Å². The van der Waals surface area contributed by atoms with Gasteiger partial charge in [0.2, 0.25) is 0 Å². The predicted octanol–water partition coefficient (Wildman–Crippen LogP) is 1.36. The van der Waals surface area contributed by atoms with Gasteiger partial charge in [0.15, 0.2) is 0 Å². The van der Waals surface area contributed by atoms with Crippen LogP contribution >= 0.6 is 0 Å². The minimum absolute atomic E-state index is 0.170. The van der Waals surface area contributed by atoms with Crippen LogP contribution in [-0.2, 0) is 9.47 Å². The maximum absolute atomic E-state index is 11.9. The van der Waals surface area contributed by atoms with Gasteiger partial charge in [-0.2, -0.15) is 0 Å². The largest absolute Gasteiger partial charge is 0.465 e. The Labute approximate surface area is 133 Å². The number of benzene rings is 1. The van der Waals surface area contributed by atoms with E-state index in [-0.39, 0.29) is 12.6 Å². The highest BCUT2D eigenvalue weighted by Crippen LogP contribution is 2.26. The van der Waals surface area contributed by atoms with Crippen LogP contribution in [0, 0.1) is 6.92 Å². The monoisotopic (exact) mass is 317 g/mol. The Kier molecular flexibility index (Phi) is 4.40. The molecule has 1 saturated heterocycles. The zero-order valence-corrected chi connectivity index (χ0v) is 13.1. The molecule has 122 valence electrons. The lowest BCUT2D eigenvalue weighted by atomic mass is 10.0. The first-order valence-electron chi connectivity index (χ1n) is 7.47. The minimum Gasteiger partial charge on any atom is -0.465 e. The van der Waals surface area contributed by atoms with Crippen LogP contribution in [0.15, 0.2) is 24.4 Å². The van der Waals surface area contributed by atoms with Gasteiger partial charge in [-0.3, -0.25) is 0 Å². The summed E-state index contributed by atoms with van der Waals surface area (Å²) in [6.45, 7) is 2.81. The Morgan fingerprint density at radius 1 is 1.48 bits per heavy atom. The van der Waals surface area contributed by atoms with E-state index >= 15 is 0 Å². The molecule has 2 atom stereocenters. The summed E-state index contributed by atoms with van der Waals surface area (Å²) in [7, 11) is 1.35. The van der Waals surface area contributed by atoms with E-state index in [0.717, 1.165) is 5.56 Å². The van der Waals surface area contributed by atoms with E-state index in [1.165, 1.54) is 7.11 Å². The maximum Gasteiger partial charge on any atom is 0.338 e. The molecule has 0 saturated carbocycles. The summed E-state index contributed by atoms with van der Waals surface area (Å²) < 4.78 is 11.7. The number of aromatic nitrogens is 3. The van der Waals surface area contributed by atoms with Crippen LogP contribution in [0.3, 0.4) is 0 Å². The van der Waals surface area contributed by atoms with Crippen LogP contribution in [0.2, 0.25) is 0 Å². The molecule has 7 nitrogen and oxygen atoms in total. The fourth-order valence-electron chi connectivity index (χ4n) is 2.74. The van der Waals surface area contributed by atoms with Crippen molar-refractivity contribution >= 4 is 5.97 Å². The first kappa shape index (κ1) is 15.6. The molecule has 0 bridgehead atoms. The summed E-state index contributed by atoms with van der Waals surface area (Å²) in [5.41, 5.74) is 2.70. The maximum atomic E-state index is 11.9. The Hall–Kier alpha value is -2.25. The minimum atomic E-state index is -0.615. The third-order valence-corrected chi connectivity index (χ3v) is 4.00. The second-order valence-electron chi connectivity index (χ2n) is 5.62. The Balaban J connectivity index is 1.97. The molecule has 0 radical (unpaired) electrons. The van der Waals surface area contributed by atoms with Crippen molar-refractivity contribution < 1.29 is 19.4 Å². The Morgan fingerprint density at radius 2 is 2.30 bits per heavy atom. The van der Waals surface area contributed by atoms with Gasteiger partial charge in [-0.1, -0.05) is 16.8 Å². The average molecular weight is 317 g/mol. The van der Waals surface area contributed by atoms with E-state index in [9.17, 15) is 9.90 Å². The van der Waals surface area contributed by atoms with Gasteiger partial charge in [0.25, 0.3) is 0 Å². The van der Waals surface area contributed by atoms with Gasteiger partial charge >= 0.3 is 5.97 Å². The summed E-state index contributed by atoms with van der Waals surface area (Å²) in [4.78, 5) is 11.9. The number of aryl methyl sites for hydroxylation is 1. The number of esters is 1. The molecule has 1 fully saturated rings. The predicted molar refractivity (Wildman–Crippen MR) is 82.0 cm³/mol. The summed E-state index contributed by atoms with van der Waals surface area (Å²) in [6.07, 6.45) is 1.80. The fraction of sp³-hybridized carbons (Fsp3) is 0.438. The molecule has 1 aliphatic rings. The number of hydrogen-bond acceptors (Lipinski definition) is 6. The third-order valence-electron chi connectivity index (χ3n) is 4.00. The van der Waals surface area contributed by atoms with E-state index in [4.69, 9.17) is 9.47 Å². The second kappa shape index (κ2) is 6.47. The lowest BCUT2D eigenvalue weighted by Gasteiger charge is -2.27. The molecule has 0 amide bonds. The Morgan fingerprint density at radius 3 is 3.04 bits per heavy atom. The number of carbonyl (C=O) groups is 1. The topological polar surface area (TPSA) is 86.5 Å². The second-order valence-corrected chi connectivity index (χ2v) is 5.62. The van der Waals surface area contributed by atoms with Crippen molar-refractivity contribution in [2.75, 3.05) is 20.3 Å². The van der Waals surface area contributed by atoms with Crippen molar-refractivity contribution in [1.29, 1.82) is 0 Å². The van der Waals surface area contributed by atoms with E-state index in [1.807, 2.05) is 19.1 Å². The number of nitrogens with zero attached hydrogens (tertiary/aromatic N) is 3. The highest BCUT2D eigenvalue weighted by atomic mass is 16.5. The standard InChI is InChI=1S/C16H19N3O4/c1-10-3-4-11(16(21)22-2)12(7-10)13-8-19(18-17-13)14-5-6-23-9-15(14)20/h3-4,7-8,14-15,20H,5-6,9H2,1-2H3/t14-,15-/m1/s1. The number of carbonyl (C=O) groups excluding carboxylic acids is 1. The summed E-state index contributed by atoms with van der Waals surface area (Å²) in [6, 6.07) is 5.28. The lowest BCUT2D eigenvalue weighted by Crippen LogP contribution is -2.34. The van der Waals surface area contributed by atoms with Crippen molar-refractivity contribution in [3.63, 3.8) is 0 Å². The fourth-order valence-corrected chi connectivity index (χ4v) is 2.74. The molecule has 2 heterocycles. The normalized spacial score (nSPS) is 21.2. The van der Waals surface area contributed by atoms with Gasteiger partial charge in [-0.15, -0.1) is 5.10 Å². The van der Waals surface area contributed by atoms with Gasteiger partial charge in [0, 0.05) is 12.2 Å². The van der Waals surface area contributed by atoms with Crippen LogP contribution in [-0.4, -0.2) is 52.5 Å². The SMILES string of the molecule is COC(=O)c1ccc(C)cc1-c1cn([C@@H]2CCOC[C@H]2O)nn1. The molecule has 2 aromatic rings. The number of aliphatic hydroxyl groups excluding tert-OH is 1. The number of aliphatic hydroxyl groups is 1. The number of hydrogen-bond donors (Lipinski definition) is 1. The first-order valence-corrected chi connectivity index (χ1v) is 7.47. The zero-order valence-electron chi connectivity index (χ0n) is 13.1. The van der Waals surface area contributed by atoms with Crippen molar-refractivity contribution in [3.05, 3.63) is 35.5 Å². The van der Waals surface area contributed by atoms with E-state index < -0.39 is 12.1 Å². The summed E-state index contributed by atoms with van der Waals surface area (Å²) >= 11 is 0. The summed E-state index contributed by atoms with van der Waals surface area (Å²) in [5.74, 6) is -0.416. The molecule has 3 rings (SSSR count). The van der Waals surface area contributed by atoms with Crippen LogP contribution in [0.25, 0.3) is 11.3 Å². The molecule has 1 N–H and O–H groups in total. The average Bonchev–Trinajstić information content (AvgIpc) is 3.04. The summed E-state index contributed by atoms with van der Waals surface area (Å²) in [5, 5.41) is 18.3. The van der Waals surface area contributed by atoms with Crippen LogP contribution in [0.4, 0.5) is 0 Å². The van der Waals surface area contributed by atoms with E-state index in [1.54, 1.807) is 16.9 Å². The molecule has 7 heteroatoms. The van der Waals surface area contributed by atoms with Crippen LogP contribution in [0.5, 0.6) is 0 Å². The molecular formula is C16H19N3O4. The van der Waals surface area contributed by atoms with Gasteiger partial charge in [0.1, 0.15) is 5.69 Å². The smallest absolute Gasteiger partial charge is 0.338 e. The highest BCUT2D eigenvalue weighted by Gasteiger charge is 2.27. The molecule has 0 unspecified atom stereocenters. The lowest BCUT2D eigenvalue weighted by molar-refractivity contribution is -0.0420. The van der Waals surface area contributed by atoms with Crippen molar-refractivity contribution in [3.8, 4) is 11.3 Å². The van der Waals surface area contributed by atoms with Gasteiger partial charge in [-0.25, -0.2) is 9.48 Å². The van der Waals surface area contributed by atoms with Crippen LogP contribution in [0.1, 0.15) is 28.4 Å². The quantitative estimate of drug-likeness (QED) is 0.860. The number of ether oxygens (including phenoxy) is 2. The molecule has 1 aromatic carbocycles. The van der Waals surface area contributed by atoms with E-state index in [0.29, 0.717) is 29.8 Å².